The first-order valence-electron chi connectivity index (χ1n) is 7.77. The molecule has 3 rings (SSSR count). The molecule has 1 unspecified atom stereocenters. The molecule has 26 heavy (non-hydrogen) atoms. The van der Waals surface area contributed by atoms with E-state index in [4.69, 9.17) is 5.11 Å². The minimum atomic E-state index is -5.10. The predicted molar refractivity (Wildman–Crippen MR) is 86.5 cm³/mol. The predicted octanol–water partition coefficient (Wildman–Crippen LogP) is 2.42. The lowest BCUT2D eigenvalue weighted by molar-refractivity contribution is -0.267. The molecule has 2 aromatic rings. The van der Waals surface area contributed by atoms with Crippen LogP contribution in [-0.2, 0) is 15.2 Å². The lowest BCUT2D eigenvalue weighted by Crippen LogP contribution is -2.51. The molecule has 1 aliphatic carbocycles. The lowest BCUT2D eigenvalue weighted by Gasteiger charge is -2.34. The van der Waals surface area contributed by atoms with Crippen molar-refractivity contribution in [3.05, 3.63) is 29.3 Å². The number of aliphatic hydroxyl groups is 1. The fraction of sp³-hybridized carbons (Fsp3) is 0.438. The number of hydrogen-bond donors (Lipinski definition) is 3. The second kappa shape index (κ2) is 6.51. The maximum atomic E-state index is 13.5. The van der Waals surface area contributed by atoms with Gasteiger partial charge in [-0.05, 0) is 25.0 Å². The number of carbonyl (C=O) groups is 2. The normalized spacial score (nSPS) is 22.5. The second-order valence-electron chi connectivity index (χ2n) is 6.29. The second-order valence-corrected chi connectivity index (χ2v) is 7.32. The van der Waals surface area contributed by atoms with Gasteiger partial charge in [0.15, 0.2) is 0 Å². The molecule has 1 aliphatic rings. The number of carboxylic acid groups (broad SMARTS) is 1. The van der Waals surface area contributed by atoms with E-state index in [1.54, 1.807) is 18.2 Å². The average Bonchev–Trinajstić information content (AvgIpc) is 2.93. The zero-order valence-electron chi connectivity index (χ0n) is 13.3. The number of para-hydroxylation sites is 1. The van der Waals surface area contributed by atoms with E-state index in [0.717, 1.165) is 0 Å². The van der Waals surface area contributed by atoms with Crippen molar-refractivity contribution in [2.75, 3.05) is 0 Å². The first kappa shape index (κ1) is 18.6. The van der Waals surface area contributed by atoms with Crippen LogP contribution in [0, 0.1) is 5.92 Å². The molecule has 1 amide bonds. The van der Waals surface area contributed by atoms with Crippen LogP contribution >= 0.6 is 11.3 Å². The number of aromatic nitrogens is 1. The molecule has 0 bridgehead atoms. The van der Waals surface area contributed by atoms with Gasteiger partial charge in [0.05, 0.1) is 22.6 Å². The zero-order chi connectivity index (χ0) is 19.1. The minimum absolute atomic E-state index is 0.159. The molecule has 1 saturated carbocycles. The molecular formula is C16H15F3N2O4S. The molecule has 1 atom stereocenters. The number of nitrogens with zero attached hydrogens (tertiary/aromatic N) is 1. The summed E-state index contributed by atoms with van der Waals surface area (Å²) in [6.45, 7) is 0. The number of halogens is 3. The molecule has 3 N–H and O–H groups in total. The molecule has 140 valence electrons. The van der Waals surface area contributed by atoms with E-state index in [0.29, 0.717) is 21.6 Å². The molecule has 0 saturated heterocycles. The molecule has 6 nitrogen and oxygen atoms in total. The van der Waals surface area contributed by atoms with E-state index in [9.17, 15) is 27.9 Å². The molecule has 1 heterocycles. The smallest absolute Gasteiger partial charge is 0.424 e. The van der Waals surface area contributed by atoms with E-state index < -0.39 is 47.0 Å². The van der Waals surface area contributed by atoms with E-state index in [-0.39, 0.29) is 12.8 Å². The topological polar surface area (TPSA) is 99.5 Å². The zero-order valence-corrected chi connectivity index (χ0v) is 14.1. The Morgan fingerprint density at radius 1 is 1.27 bits per heavy atom. The van der Waals surface area contributed by atoms with Gasteiger partial charge >= 0.3 is 12.1 Å². The molecule has 1 aromatic carbocycles. The van der Waals surface area contributed by atoms with Gasteiger partial charge < -0.3 is 15.5 Å². The first-order valence-corrected chi connectivity index (χ1v) is 8.59. The number of carbonyl (C=O) groups excluding carboxylic acids is 1. The highest BCUT2D eigenvalue weighted by Crippen LogP contribution is 2.44. The number of alkyl halides is 3. The summed E-state index contributed by atoms with van der Waals surface area (Å²) < 4.78 is 41.1. The quantitative estimate of drug-likeness (QED) is 0.731. The first-order chi connectivity index (χ1) is 12.1. The molecule has 0 radical (unpaired) electrons. The largest absolute Gasteiger partial charge is 0.481 e. The van der Waals surface area contributed by atoms with Gasteiger partial charge in [0.25, 0.3) is 0 Å². The Bertz CT molecular complexity index is 814. The van der Waals surface area contributed by atoms with Crippen LogP contribution in [0.2, 0.25) is 0 Å². The number of fused-ring (bicyclic) bond motifs is 1. The third kappa shape index (κ3) is 3.38. The Labute approximate surface area is 149 Å². The Morgan fingerprint density at radius 3 is 2.50 bits per heavy atom. The van der Waals surface area contributed by atoms with Crippen LogP contribution in [-0.4, -0.2) is 39.3 Å². The Kier molecular flexibility index (Phi) is 4.65. The van der Waals surface area contributed by atoms with Gasteiger partial charge in [0.2, 0.25) is 11.5 Å². The number of carboxylic acids is 1. The fourth-order valence-corrected chi connectivity index (χ4v) is 3.87. The van der Waals surface area contributed by atoms with Gasteiger partial charge in [-0.25, -0.2) is 4.98 Å². The maximum absolute atomic E-state index is 13.5. The highest BCUT2D eigenvalue weighted by molar-refractivity contribution is 7.18. The van der Waals surface area contributed by atoms with Crippen LogP contribution in [0.4, 0.5) is 13.2 Å². The SMILES string of the molecule is O=C(CC(O)(c1nc2ccccc2s1)C(F)(F)F)NC1CC(C(=O)O)C1. The summed E-state index contributed by atoms with van der Waals surface area (Å²) in [5.41, 5.74) is -3.10. The van der Waals surface area contributed by atoms with Gasteiger partial charge in [-0.2, -0.15) is 13.2 Å². The number of hydrogen-bond acceptors (Lipinski definition) is 5. The van der Waals surface area contributed by atoms with Crippen molar-refractivity contribution in [3.63, 3.8) is 0 Å². The standard InChI is InChI=1S/C16H15F3N2O4S/c17-16(18,19)15(25,14-21-10-3-1-2-4-11(10)26-14)7-12(22)20-9-5-8(6-9)13(23)24/h1-4,8-9,25H,5-7H2,(H,20,22)(H,23,24). The van der Waals surface area contributed by atoms with Crippen molar-refractivity contribution in [1.29, 1.82) is 0 Å². The number of aliphatic carboxylic acids is 1. The van der Waals surface area contributed by atoms with Gasteiger partial charge in [0, 0.05) is 6.04 Å². The lowest BCUT2D eigenvalue weighted by atomic mass is 9.80. The Balaban J connectivity index is 1.77. The van der Waals surface area contributed by atoms with Crippen LogP contribution < -0.4 is 5.32 Å². The van der Waals surface area contributed by atoms with E-state index in [1.165, 1.54) is 6.07 Å². The summed E-state index contributed by atoms with van der Waals surface area (Å²) in [6, 6.07) is 5.84. The molecule has 1 fully saturated rings. The summed E-state index contributed by atoms with van der Waals surface area (Å²) in [5, 5.41) is 20.8. The minimum Gasteiger partial charge on any atom is -0.481 e. The summed E-state index contributed by atoms with van der Waals surface area (Å²) >= 11 is 0.677. The van der Waals surface area contributed by atoms with Crippen molar-refractivity contribution in [2.24, 2.45) is 5.92 Å². The van der Waals surface area contributed by atoms with Gasteiger partial charge in [-0.3, -0.25) is 9.59 Å². The third-order valence-corrected chi connectivity index (χ3v) is 5.57. The van der Waals surface area contributed by atoms with Crippen molar-refractivity contribution in [2.45, 2.75) is 37.1 Å². The number of nitrogens with one attached hydrogen (secondary N) is 1. The van der Waals surface area contributed by atoms with Gasteiger partial charge in [-0.15, -0.1) is 11.3 Å². The highest BCUT2D eigenvalue weighted by Gasteiger charge is 2.58. The molecule has 1 aromatic heterocycles. The number of thiazole rings is 1. The summed E-state index contributed by atoms with van der Waals surface area (Å²) in [7, 11) is 0. The van der Waals surface area contributed by atoms with Crippen molar-refractivity contribution in [1.82, 2.24) is 10.3 Å². The summed E-state index contributed by atoms with van der Waals surface area (Å²) in [5.74, 6) is -2.61. The van der Waals surface area contributed by atoms with Crippen LogP contribution in [0.15, 0.2) is 24.3 Å². The molecule has 10 heteroatoms. The maximum Gasteiger partial charge on any atom is 0.424 e. The van der Waals surface area contributed by atoms with Gasteiger partial charge in [0.1, 0.15) is 5.01 Å². The van der Waals surface area contributed by atoms with Crippen LogP contribution in [0.1, 0.15) is 24.3 Å². The monoisotopic (exact) mass is 388 g/mol. The molecular weight excluding hydrogens is 373 g/mol. The van der Waals surface area contributed by atoms with E-state index >= 15 is 0 Å². The number of rotatable bonds is 5. The third-order valence-electron chi connectivity index (χ3n) is 4.39. The number of amides is 1. The van der Waals surface area contributed by atoms with Crippen molar-refractivity contribution >= 4 is 33.4 Å². The van der Waals surface area contributed by atoms with Crippen LogP contribution in [0.25, 0.3) is 10.2 Å². The van der Waals surface area contributed by atoms with Gasteiger partial charge in [-0.1, -0.05) is 12.1 Å². The highest BCUT2D eigenvalue weighted by atomic mass is 32.1. The number of benzene rings is 1. The van der Waals surface area contributed by atoms with Crippen molar-refractivity contribution in [3.8, 4) is 0 Å². The van der Waals surface area contributed by atoms with E-state index in [2.05, 4.69) is 10.3 Å². The van der Waals surface area contributed by atoms with Crippen LogP contribution in [0.5, 0.6) is 0 Å². The van der Waals surface area contributed by atoms with Crippen LogP contribution in [0.3, 0.4) is 0 Å². The van der Waals surface area contributed by atoms with E-state index in [1.807, 2.05) is 0 Å². The summed E-state index contributed by atoms with van der Waals surface area (Å²) in [4.78, 5) is 26.6. The fourth-order valence-electron chi connectivity index (χ4n) is 2.79. The summed E-state index contributed by atoms with van der Waals surface area (Å²) in [6.07, 6.45) is -6.01. The van der Waals surface area contributed by atoms with Crippen molar-refractivity contribution < 1.29 is 33.0 Å². The average molecular weight is 388 g/mol. The molecule has 0 aliphatic heterocycles. The molecule has 0 spiro atoms. The Morgan fingerprint density at radius 2 is 1.92 bits per heavy atom. The Hall–Kier alpha value is -2.20.